The van der Waals surface area contributed by atoms with Crippen molar-refractivity contribution in [3.63, 3.8) is 0 Å². The van der Waals surface area contributed by atoms with Crippen molar-refractivity contribution in [2.24, 2.45) is 0 Å². The molecule has 0 aliphatic carbocycles. The van der Waals surface area contributed by atoms with E-state index in [2.05, 4.69) is 4.74 Å². The van der Waals surface area contributed by atoms with E-state index in [-0.39, 0.29) is 18.1 Å². The molecular weight excluding hydrogens is 178 g/mol. The summed E-state index contributed by atoms with van der Waals surface area (Å²) >= 11 is 0. The second kappa shape index (κ2) is 4.18. The molecule has 0 heterocycles. The van der Waals surface area contributed by atoms with Crippen LogP contribution in [0.2, 0.25) is 0 Å². The van der Waals surface area contributed by atoms with Gasteiger partial charge in [0, 0.05) is 13.2 Å². The normalized spacial score (nSPS) is 10.2. The van der Waals surface area contributed by atoms with Crippen LogP contribution in [-0.2, 0) is 4.74 Å². The van der Waals surface area contributed by atoms with E-state index in [9.17, 15) is 8.78 Å². The molecule has 0 radical (unpaired) electrons. The lowest BCUT2D eigenvalue weighted by molar-refractivity contribution is 0.0480. The molecule has 0 fully saturated rings. The molecular formula is C9H10F2O2. The highest BCUT2D eigenvalue weighted by Crippen LogP contribution is 2.20. The van der Waals surface area contributed by atoms with Crippen LogP contribution in [0.3, 0.4) is 0 Å². The molecule has 0 aromatic heterocycles. The van der Waals surface area contributed by atoms with Crippen molar-refractivity contribution in [2.45, 2.75) is 6.92 Å². The first-order chi connectivity index (χ1) is 6.15. The number of methoxy groups -OCH3 is 1. The van der Waals surface area contributed by atoms with Crippen LogP contribution in [0.25, 0.3) is 0 Å². The predicted molar refractivity (Wildman–Crippen MR) is 43.6 cm³/mol. The van der Waals surface area contributed by atoms with Crippen molar-refractivity contribution in [1.29, 1.82) is 0 Å². The fourth-order valence-corrected chi connectivity index (χ4v) is 0.861. The Morgan fingerprint density at radius 1 is 1.23 bits per heavy atom. The molecule has 13 heavy (non-hydrogen) atoms. The van der Waals surface area contributed by atoms with E-state index in [0.29, 0.717) is 0 Å². The van der Waals surface area contributed by atoms with Crippen LogP contribution in [0, 0.1) is 18.6 Å². The fourth-order valence-electron chi connectivity index (χ4n) is 0.861. The highest BCUT2D eigenvalue weighted by molar-refractivity contribution is 5.29. The molecule has 4 heteroatoms. The fraction of sp³-hybridized carbons (Fsp3) is 0.333. The van der Waals surface area contributed by atoms with Gasteiger partial charge in [0.1, 0.15) is 5.82 Å². The molecule has 0 aliphatic rings. The molecule has 0 unspecified atom stereocenters. The van der Waals surface area contributed by atoms with Gasteiger partial charge in [-0.1, -0.05) is 0 Å². The van der Waals surface area contributed by atoms with Crippen molar-refractivity contribution >= 4 is 0 Å². The summed E-state index contributed by atoms with van der Waals surface area (Å²) in [6, 6.07) is 2.09. The zero-order valence-corrected chi connectivity index (χ0v) is 7.43. The summed E-state index contributed by atoms with van der Waals surface area (Å²) < 4.78 is 35.2. The highest BCUT2D eigenvalue weighted by Gasteiger charge is 2.07. The molecule has 0 amide bonds. The van der Waals surface area contributed by atoms with E-state index in [1.54, 1.807) is 0 Å². The third-order valence-electron chi connectivity index (χ3n) is 1.55. The second-order valence-electron chi connectivity index (χ2n) is 2.58. The Balaban J connectivity index is 2.88. The average molecular weight is 188 g/mol. The largest absolute Gasteiger partial charge is 0.464 e. The van der Waals surface area contributed by atoms with Crippen LogP contribution in [0.1, 0.15) is 5.56 Å². The Kier molecular flexibility index (Phi) is 3.19. The van der Waals surface area contributed by atoms with Crippen LogP contribution in [0.4, 0.5) is 8.78 Å². The Labute approximate surface area is 75.1 Å². The molecule has 0 saturated carbocycles. The third-order valence-corrected chi connectivity index (χ3v) is 1.55. The Bertz CT molecular complexity index is 300. The Morgan fingerprint density at radius 3 is 2.54 bits per heavy atom. The molecule has 1 aromatic carbocycles. The summed E-state index contributed by atoms with van der Waals surface area (Å²) in [5.74, 6) is -1.21. The highest BCUT2D eigenvalue weighted by atomic mass is 19.1. The smallest absolute Gasteiger partial charge is 0.188 e. The number of aryl methyl sites for hydroxylation is 1. The maximum absolute atomic E-state index is 13.0. The molecule has 0 spiro atoms. The lowest BCUT2D eigenvalue weighted by atomic mass is 10.2. The van der Waals surface area contributed by atoms with Crippen LogP contribution < -0.4 is 4.74 Å². The standard InChI is InChI=1S/C9H10F2O2/c1-6-3-8(11)9(4-7(6)10)13-5-12-2/h3-4H,5H2,1-2H3. The van der Waals surface area contributed by atoms with Crippen LogP contribution >= 0.6 is 0 Å². The molecule has 0 bridgehead atoms. The van der Waals surface area contributed by atoms with E-state index in [1.807, 2.05) is 0 Å². The van der Waals surface area contributed by atoms with Gasteiger partial charge in [-0.05, 0) is 18.6 Å². The summed E-state index contributed by atoms with van der Waals surface area (Å²) in [6.45, 7) is 1.39. The van der Waals surface area contributed by atoms with Gasteiger partial charge in [0.05, 0.1) is 0 Å². The summed E-state index contributed by atoms with van der Waals surface area (Å²) in [5.41, 5.74) is 0.252. The first-order valence-electron chi connectivity index (χ1n) is 3.72. The van der Waals surface area contributed by atoms with Gasteiger partial charge in [-0.2, -0.15) is 0 Å². The summed E-state index contributed by atoms with van der Waals surface area (Å²) in [4.78, 5) is 0. The van der Waals surface area contributed by atoms with Gasteiger partial charge >= 0.3 is 0 Å². The monoisotopic (exact) mass is 188 g/mol. The van der Waals surface area contributed by atoms with E-state index >= 15 is 0 Å². The van der Waals surface area contributed by atoms with Gasteiger partial charge in [0.2, 0.25) is 0 Å². The minimum atomic E-state index is -0.587. The molecule has 0 saturated heterocycles. The minimum absolute atomic E-state index is 0.0978. The van der Waals surface area contributed by atoms with Crippen molar-refractivity contribution in [1.82, 2.24) is 0 Å². The van der Waals surface area contributed by atoms with Gasteiger partial charge in [-0.15, -0.1) is 0 Å². The topological polar surface area (TPSA) is 18.5 Å². The second-order valence-corrected chi connectivity index (χ2v) is 2.58. The number of hydrogen-bond donors (Lipinski definition) is 0. The van der Waals surface area contributed by atoms with Gasteiger partial charge in [0.25, 0.3) is 0 Å². The number of halogens is 2. The van der Waals surface area contributed by atoms with Crippen molar-refractivity contribution < 1.29 is 18.3 Å². The molecule has 72 valence electrons. The zero-order valence-electron chi connectivity index (χ0n) is 7.43. The minimum Gasteiger partial charge on any atom is -0.464 e. The maximum atomic E-state index is 13.0. The maximum Gasteiger partial charge on any atom is 0.188 e. The van der Waals surface area contributed by atoms with Gasteiger partial charge < -0.3 is 9.47 Å². The predicted octanol–water partition coefficient (Wildman–Crippen LogP) is 2.26. The quantitative estimate of drug-likeness (QED) is 0.677. The molecule has 0 N–H and O–H groups in total. The van der Waals surface area contributed by atoms with Gasteiger partial charge in [-0.3, -0.25) is 0 Å². The van der Waals surface area contributed by atoms with Crippen molar-refractivity contribution in [3.8, 4) is 5.75 Å². The van der Waals surface area contributed by atoms with Gasteiger partial charge in [-0.25, -0.2) is 8.78 Å². The number of ether oxygens (including phenoxy) is 2. The Hall–Kier alpha value is -1.16. The van der Waals surface area contributed by atoms with E-state index < -0.39 is 11.6 Å². The lowest BCUT2D eigenvalue weighted by Crippen LogP contribution is -2.01. The average Bonchev–Trinajstić information content (AvgIpc) is 2.09. The van der Waals surface area contributed by atoms with Gasteiger partial charge in [0.15, 0.2) is 18.4 Å². The van der Waals surface area contributed by atoms with Crippen LogP contribution in [0.15, 0.2) is 12.1 Å². The summed E-state index contributed by atoms with van der Waals surface area (Å²) in [5, 5.41) is 0. The number of rotatable bonds is 3. The first-order valence-corrected chi connectivity index (χ1v) is 3.72. The van der Waals surface area contributed by atoms with Crippen molar-refractivity contribution in [3.05, 3.63) is 29.3 Å². The lowest BCUT2D eigenvalue weighted by Gasteiger charge is -2.06. The number of benzene rings is 1. The molecule has 1 rings (SSSR count). The SMILES string of the molecule is COCOc1cc(F)c(C)cc1F. The van der Waals surface area contributed by atoms with E-state index in [0.717, 1.165) is 12.1 Å². The van der Waals surface area contributed by atoms with Crippen LogP contribution in [0.5, 0.6) is 5.75 Å². The van der Waals surface area contributed by atoms with E-state index in [1.165, 1.54) is 14.0 Å². The van der Waals surface area contributed by atoms with Crippen LogP contribution in [-0.4, -0.2) is 13.9 Å². The third kappa shape index (κ3) is 2.39. The number of hydrogen-bond acceptors (Lipinski definition) is 2. The zero-order chi connectivity index (χ0) is 9.84. The van der Waals surface area contributed by atoms with E-state index in [4.69, 9.17) is 4.74 Å². The summed E-state index contributed by atoms with van der Waals surface area (Å²) in [7, 11) is 1.41. The Morgan fingerprint density at radius 2 is 1.92 bits per heavy atom. The molecule has 2 nitrogen and oxygen atoms in total. The van der Waals surface area contributed by atoms with Crippen molar-refractivity contribution in [2.75, 3.05) is 13.9 Å². The molecule has 0 aliphatic heterocycles. The molecule has 1 aromatic rings. The molecule has 0 atom stereocenters. The first kappa shape index (κ1) is 9.92. The summed E-state index contributed by atoms with van der Waals surface area (Å²) in [6.07, 6.45) is 0.